The van der Waals surface area contributed by atoms with E-state index in [1.807, 2.05) is 23.7 Å². The number of rotatable bonds is 5. The average Bonchev–Trinajstić information content (AvgIpc) is 3.32. The fraction of sp³-hybridized carbons (Fsp3) is 0.304. The molecule has 1 fully saturated rings. The highest BCUT2D eigenvalue weighted by Gasteiger charge is 2.36. The molecule has 33 heavy (non-hydrogen) atoms. The van der Waals surface area contributed by atoms with Crippen molar-refractivity contribution in [2.24, 2.45) is 13.0 Å². The smallest absolute Gasteiger partial charge is 0.298 e. The molecule has 1 aliphatic carbocycles. The van der Waals surface area contributed by atoms with Gasteiger partial charge in [-0.2, -0.15) is 13.2 Å². The third kappa shape index (κ3) is 3.55. The van der Waals surface area contributed by atoms with Gasteiger partial charge < -0.3 is 0 Å². The number of halogens is 3. The predicted octanol–water partition coefficient (Wildman–Crippen LogP) is 3.40. The molecule has 4 aromatic rings. The summed E-state index contributed by atoms with van der Waals surface area (Å²) in [4.78, 5) is 24.2. The first-order valence-electron chi connectivity index (χ1n) is 10.6. The van der Waals surface area contributed by atoms with Gasteiger partial charge in [0.05, 0.1) is 29.7 Å². The standard InChI is InChI=1S/C23H20F3N5O2/c1-29-13-27-28-21(29)20(15-4-2-5-15)16-6-3-7-17(9-16)30-11-19-18(23(24,25)26)8-14(12-32)10-31(19)22(30)33/h3,6-13,15,20H,2,4-5H2,1H3/p+1/t20-/m1/s1. The Labute approximate surface area is 186 Å². The number of benzene rings is 1. The normalized spacial score (nSPS) is 15.5. The molecular weight excluding hydrogens is 435 g/mol. The summed E-state index contributed by atoms with van der Waals surface area (Å²) >= 11 is 0. The molecule has 3 heterocycles. The number of carbonyl (C=O) groups is 1. The van der Waals surface area contributed by atoms with E-state index in [1.165, 1.54) is 10.8 Å². The molecule has 0 amide bonds. The first-order valence-corrected chi connectivity index (χ1v) is 10.6. The van der Waals surface area contributed by atoms with Gasteiger partial charge in [-0.25, -0.2) is 9.36 Å². The third-order valence-corrected chi connectivity index (χ3v) is 6.44. The maximum absolute atomic E-state index is 13.6. The van der Waals surface area contributed by atoms with Crippen LogP contribution in [0.1, 0.15) is 52.5 Å². The molecule has 0 aliphatic heterocycles. The summed E-state index contributed by atoms with van der Waals surface area (Å²) < 4.78 is 44.9. The highest BCUT2D eigenvalue weighted by molar-refractivity contribution is 5.76. The van der Waals surface area contributed by atoms with Crippen LogP contribution in [0.15, 0.2) is 53.8 Å². The van der Waals surface area contributed by atoms with Crippen molar-refractivity contribution in [2.45, 2.75) is 31.4 Å². The van der Waals surface area contributed by atoms with Gasteiger partial charge in [-0.3, -0.25) is 13.8 Å². The molecule has 1 atom stereocenters. The predicted molar refractivity (Wildman–Crippen MR) is 112 cm³/mol. The SMILES string of the molecule is C[n+]1cn[nH]c1[C@@H](c1cccc(-n2cc3c(C(F)(F)F)cc(C=O)cn3c2=O)c1)C1CCC1. The molecule has 1 saturated carbocycles. The third-order valence-electron chi connectivity index (χ3n) is 6.44. The van der Waals surface area contributed by atoms with Gasteiger partial charge in [0, 0.05) is 23.1 Å². The van der Waals surface area contributed by atoms with Crippen LogP contribution in [0.4, 0.5) is 13.2 Å². The first kappa shape index (κ1) is 21.2. The van der Waals surface area contributed by atoms with Gasteiger partial charge in [0.25, 0.3) is 6.33 Å². The van der Waals surface area contributed by atoms with Gasteiger partial charge >= 0.3 is 11.9 Å². The molecule has 10 heteroatoms. The monoisotopic (exact) mass is 456 g/mol. The van der Waals surface area contributed by atoms with Crippen LogP contribution < -0.4 is 10.3 Å². The number of nitrogens with one attached hydrogen (secondary N) is 1. The van der Waals surface area contributed by atoms with Crippen LogP contribution in [-0.2, 0) is 13.2 Å². The number of nitrogens with zero attached hydrogens (tertiary/aromatic N) is 4. The highest BCUT2D eigenvalue weighted by Crippen LogP contribution is 2.42. The summed E-state index contributed by atoms with van der Waals surface area (Å²) in [6.07, 6.45) is 2.85. The summed E-state index contributed by atoms with van der Waals surface area (Å²) in [6, 6.07) is 8.03. The molecular formula is C23H21F3N5O2+. The lowest BCUT2D eigenvalue weighted by Gasteiger charge is -2.32. The molecule has 170 valence electrons. The number of aromatic nitrogens is 5. The lowest BCUT2D eigenvalue weighted by Crippen LogP contribution is -2.36. The molecule has 0 unspecified atom stereocenters. The summed E-state index contributed by atoms with van der Waals surface area (Å²) in [5.74, 6) is 1.36. The van der Waals surface area contributed by atoms with Crippen LogP contribution in [0.3, 0.4) is 0 Å². The van der Waals surface area contributed by atoms with Crippen molar-refractivity contribution in [3.63, 3.8) is 0 Å². The van der Waals surface area contributed by atoms with Crippen LogP contribution >= 0.6 is 0 Å². The Kier molecular flexibility index (Phi) is 4.95. The molecule has 0 saturated heterocycles. The number of aromatic amines is 1. The van der Waals surface area contributed by atoms with E-state index >= 15 is 0 Å². The largest absolute Gasteiger partial charge is 0.418 e. The Hall–Kier alpha value is -3.69. The van der Waals surface area contributed by atoms with Gasteiger partial charge in [0.1, 0.15) is 0 Å². The van der Waals surface area contributed by atoms with E-state index in [2.05, 4.69) is 10.2 Å². The number of H-pyrrole nitrogens is 1. The maximum atomic E-state index is 13.6. The van der Waals surface area contributed by atoms with Crippen molar-refractivity contribution in [2.75, 3.05) is 0 Å². The number of aldehydes is 1. The van der Waals surface area contributed by atoms with E-state index in [4.69, 9.17) is 0 Å². The van der Waals surface area contributed by atoms with E-state index in [-0.39, 0.29) is 17.0 Å². The van der Waals surface area contributed by atoms with Crippen molar-refractivity contribution >= 4 is 11.8 Å². The quantitative estimate of drug-likeness (QED) is 0.370. The summed E-state index contributed by atoms with van der Waals surface area (Å²) in [7, 11) is 1.91. The molecule has 7 nitrogen and oxygen atoms in total. The fourth-order valence-corrected chi connectivity index (χ4v) is 4.59. The van der Waals surface area contributed by atoms with Crippen LogP contribution in [0, 0.1) is 5.92 Å². The van der Waals surface area contributed by atoms with E-state index in [1.54, 1.807) is 18.5 Å². The van der Waals surface area contributed by atoms with Crippen LogP contribution in [-0.4, -0.2) is 25.5 Å². The number of carbonyl (C=O) groups excluding carboxylic acids is 1. The van der Waals surface area contributed by atoms with Crippen molar-refractivity contribution in [3.8, 4) is 5.69 Å². The van der Waals surface area contributed by atoms with Gasteiger partial charge in [0.15, 0.2) is 6.29 Å². The van der Waals surface area contributed by atoms with Crippen LogP contribution in [0.5, 0.6) is 0 Å². The summed E-state index contributed by atoms with van der Waals surface area (Å²) in [5, 5.41) is 7.19. The number of imidazole rings is 1. The van der Waals surface area contributed by atoms with E-state index < -0.39 is 17.4 Å². The number of hydrogen-bond acceptors (Lipinski definition) is 3. The number of alkyl halides is 3. The average molecular weight is 456 g/mol. The van der Waals surface area contributed by atoms with E-state index in [0.29, 0.717) is 17.9 Å². The zero-order valence-electron chi connectivity index (χ0n) is 17.7. The zero-order valence-corrected chi connectivity index (χ0v) is 17.7. The number of fused-ring (bicyclic) bond motifs is 1. The topological polar surface area (TPSA) is 76.0 Å². The number of hydrogen-bond donors (Lipinski definition) is 1. The molecule has 5 rings (SSSR count). The lowest BCUT2D eigenvalue weighted by atomic mass is 9.72. The van der Waals surface area contributed by atoms with E-state index in [9.17, 15) is 22.8 Å². The van der Waals surface area contributed by atoms with Gasteiger partial charge in [0.2, 0.25) is 5.82 Å². The molecule has 1 aliphatic rings. The summed E-state index contributed by atoms with van der Waals surface area (Å²) in [5.41, 5.74) is -0.837. The van der Waals surface area contributed by atoms with Gasteiger partial charge in [-0.05, 0) is 42.5 Å². The second-order valence-electron chi connectivity index (χ2n) is 8.46. The Morgan fingerprint density at radius 2 is 2.03 bits per heavy atom. The Balaban J connectivity index is 1.67. The molecule has 0 spiro atoms. The fourth-order valence-electron chi connectivity index (χ4n) is 4.59. The minimum Gasteiger partial charge on any atom is -0.298 e. The second kappa shape index (κ2) is 7.72. The van der Waals surface area contributed by atoms with Gasteiger partial charge in [-0.15, -0.1) is 5.10 Å². The first-order chi connectivity index (χ1) is 15.8. The number of aryl methyl sites for hydroxylation is 1. The zero-order chi connectivity index (χ0) is 23.3. The van der Waals surface area contributed by atoms with E-state index in [0.717, 1.165) is 47.3 Å². The highest BCUT2D eigenvalue weighted by atomic mass is 19.4. The van der Waals surface area contributed by atoms with Crippen molar-refractivity contribution in [3.05, 3.63) is 82.1 Å². The summed E-state index contributed by atoms with van der Waals surface area (Å²) in [6.45, 7) is 0. The molecule has 0 radical (unpaired) electrons. The lowest BCUT2D eigenvalue weighted by molar-refractivity contribution is -0.680. The van der Waals surface area contributed by atoms with Crippen molar-refractivity contribution in [1.29, 1.82) is 0 Å². The Morgan fingerprint density at radius 3 is 2.64 bits per heavy atom. The maximum Gasteiger partial charge on any atom is 0.418 e. The number of pyridine rings is 1. The van der Waals surface area contributed by atoms with Crippen LogP contribution in [0.25, 0.3) is 11.2 Å². The Morgan fingerprint density at radius 1 is 1.24 bits per heavy atom. The minimum atomic E-state index is -4.71. The minimum absolute atomic E-state index is 0.0198. The molecule has 0 bridgehead atoms. The molecule has 1 N–H and O–H groups in total. The Bertz CT molecular complexity index is 1410. The van der Waals surface area contributed by atoms with Crippen molar-refractivity contribution < 1.29 is 22.5 Å². The van der Waals surface area contributed by atoms with Gasteiger partial charge in [-0.1, -0.05) is 18.6 Å². The molecule has 3 aromatic heterocycles. The second-order valence-corrected chi connectivity index (χ2v) is 8.46. The molecule has 1 aromatic carbocycles. The van der Waals surface area contributed by atoms with Crippen LogP contribution in [0.2, 0.25) is 0 Å². The van der Waals surface area contributed by atoms with Crippen molar-refractivity contribution in [1.82, 2.24) is 19.2 Å².